The van der Waals surface area contributed by atoms with Crippen LogP contribution in [0, 0.1) is 0 Å². The lowest BCUT2D eigenvalue weighted by Gasteiger charge is -2.16. The lowest BCUT2D eigenvalue weighted by molar-refractivity contribution is 0.263. The van der Waals surface area contributed by atoms with Crippen LogP contribution >= 0.6 is 0 Å². The molecule has 5 nitrogen and oxygen atoms in total. The highest BCUT2D eigenvalue weighted by molar-refractivity contribution is 5.89. The molecule has 0 bridgehead atoms. The highest BCUT2D eigenvalue weighted by Gasteiger charge is 2.18. The van der Waals surface area contributed by atoms with E-state index in [4.69, 9.17) is 14.2 Å². The van der Waals surface area contributed by atoms with Gasteiger partial charge in [-0.25, -0.2) is 9.97 Å². The fraction of sp³-hybridized carbons (Fsp3) is 0.429. The molecule has 0 spiro atoms. The summed E-state index contributed by atoms with van der Waals surface area (Å²) in [6.45, 7) is 7.42. The van der Waals surface area contributed by atoms with Crippen LogP contribution in [0.15, 0.2) is 18.6 Å². The molecule has 0 saturated carbocycles. The molecule has 2 aromatic rings. The zero-order chi connectivity index (χ0) is 13.7. The van der Waals surface area contributed by atoms with Crippen LogP contribution in [0.3, 0.4) is 0 Å². The second-order valence-corrected chi connectivity index (χ2v) is 3.79. The molecule has 0 aliphatic heterocycles. The largest absolute Gasteiger partial charge is 0.490 e. The second-order valence-electron chi connectivity index (χ2n) is 3.79. The van der Waals surface area contributed by atoms with Crippen molar-refractivity contribution in [2.24, 2.45) is 0 Å². The number of rotatable bonds is 6. The average Bonchev–Trinajstić information content (AvgIpc) is 2.43. The summed E-state index contributed by atoms with van der Waals surface area (Å²) in [5.41, 5.74) is 0.740. The molecule has 19 heavy (non-hydrogen) atoms. The number of aromatic nitrogens is 2. The molecule has 1 aromatic carbocycles. The van der Waals surface area contributed by atoms with Crippen LogP contribution in [0.2, 0.25) is 0 Å². The van der Waals surface area contributed by atoms with Gasteiger partial charge in [-0.05, 0) is 26.8 Å². The van der Waals surface area contributed by atoms with E-state index in [1.807, 2.05) is 26.8 Å². The van der Waals surface area contributed by atoms with Gasteiger partial charge >= 0.3 is 0 Å². The SMILES string of the molecule is CCOc1cc2cncnc2c(OCC)c1OCC. The third kappa shape index (κ3) is 2.70. The minimum Gasteiger partial charge on any atom is -0.490 e. The highest BCUT2D eigenvalue weighted by Crippen LogP contribution is 2.42. The van der Waals surface area contributed by atoms with Crippen molar-refractivity contribution in [2.75, 3.05) is 19.8 Å². The summed E-state index contributed by atoms with van der Waals surface area (Å²) in [6.07, 6.45) is 3.24. The van der Waals surface area contributed by atoms with Crippen LogP contribution < -0.4 is 14.2 Å². The summed E-state index contributed by atoms with van der Waals surface area (Å²) < 4.78 is 17.0. The van der Waals surface area contributed by atoms with Gasteiger partial charge in [-0.1, -0.05) is 0 Å². The first kappa shape index (κ1) is 13.4. The topological polar surface area (TPSA) is 53.5 Å². The van der Waals surface area contributed by atoms with Crippen LogP contribution in [-0.4, -0.2) is 29.8 Å². The molecular weight excluding hydrogens is 244 g/mol. The van der Waals surface area contributed by atoms with Crippen LogP contribution in [0.1, 0.15) is 20.8 Å². The summed E-state index contributed by atoms with van der Waals surface area (Å²) in [5.74, 6) is 1.89. The molecule has 0 aliphatic carbocycles. The molecule has 0 radical (unpaired) electrons. The lowest BCUT2D eigenvalue weighted by Crippen LogP contribution is -2.03. The van der Waals surface area contributed by atoms with E-state index in [0.29, 0.717) is 37.1 Å². The molecule has 0 saturated heterocycles. The van der Waals surface area contributed by atoms with Crippen LogP contribution in [0.25, 0.3) is 10.9 Å². The molecule has 0 atom stereocenters. The number of ether oxygens (including phenoxy) is 3. The Kier molecular flexibility index (Phi) is 4.39. The molecule has 0 fully saturated rings. The number of benzene rings is 1. The van der Waals surface area contributed by atoms with E-state index in [1.54, 1.807) is 6.20 Å². The molecule has 0 N–H and O–H groups in total. The van der Waals surface area contributed by atoms with Crippen molar-refractivity contribution in [1.82, 2.24) is 9.97 Å². The van der Waals surface area contributed by atoms with Crippen molar-refractivity contribution < 1.29 is 14.2 Å². The standard InChI is InChI=1S/C14H18N2O3/c1-4-17-11-7-10-8-15-9-16-12(10)14(19-6-3)13(11)18-5-2/h7-9H,4-6H2,1-3H3. The zero-order valence-corrected chi connectivity index (χ0v) is 11.5. The van der Waals surface area contributed by atoms with E-state index in [2.05, 4.69) is 9.97 Å². The Balaban J connectivity index is 2.67. The van der Waals surface area contributed by atoms with Gasteiger partial charge in [0, 0.05) is 11.6 Å². The van der Waals surface area contributed by atoms with Gasteiger partial charge in [-0.3, -0.25) is 0 Å². The summed E-state index contributed by atoms with van der Waals surface area (Å²) in [4.78, 5) is 8.30. The number of hydrogen-bond acceptors (Lipinski definition) is 5. The Bertz CT molecular complexity index is 558. The maximum absolute atomic E-state index is 5.69. The van der Waals surface area contributed by atoms with Crippen LogP contribution in [0.5, 0.6) is 17.2 Å². The molecule has 0 amide bonds. The van der Waals surface area contributed by atoms with Crippen molar-refractivity contribution in [3.05, 3.63) is 18.6 Å². The lowest BCUT2D eigenvalue weighted by atomic mass is 10.2. The second kappa shape index (κ2) is 6.22. The third-order valence-corrected chi connectivity index (χ3v) is 2.55. The molecular formula is C14H18N2O3. The average molecular weight is 262 g/mol. The molecule has 2 rings (SSSR count). The quantitative estimate of drug-likeness (QED) is 0.801. The van der Waals surface area contributed by atoms with Gasteiger partial charge in [-0.2, -0.15) is 0 Å². The minimum atomic E-state index is 0.536. The first-order valence-corrected chi connectivity index (χ1v) is 6.46. The Hall–Kier alpha value is -2.04. The Morgan fingerprint density at radius 3 is 2.32 bits per heavy atom. The van der Waals surface area contributed by atoms with E-state index in [-0.39, 0.29) is 0 Å². The molecule has 5 heteroatoms. The summed E-state index contributed by atoms with van der Waals surface area (Å²) >= 11 is 0. The van der Waals surface area contributed by atoms with Gasteiger partial charge in [0.05, 0.1) is 19.8 Å². The van der Waals surface area contributed by atoms with E-state index >= 15 is 0 Å². The third-order valence-electron chi connectivity index (χ3n) is 2.55. The zero-order valence-electron chi connectivity index (χ0n) is 11.5. The molecule has 0 unspecified atom stereocenters. The summed E-state index contributed by atoms with van der Waals surface area (Å²) in [7, 11) is 0. The highest BCUT2D eigenvalue weighted by atomic mass is 16.5. The predicted octanol–water partition coefficient (Wildman–Crippen LogP) is 2.83. The van der Waals surface area contributed by atoms with Gasteiger partial charge < -0.3 is 14.2 Å². The maximum atomic E-state index is 5.69. The van der Waals surface area contributed by atoms with Gasteiger partial charge in [0.25, 0.3) is 0 Å². The first-order valence-electron chi connectivity index (χ1n) is 6.46. The number of hydrogen-bond donors (Lipinski definition) is 0. The number of fused-ring (bicyclic) bond motifs is 1. The van der Waals surface area contributed by atoms with Gasteiger partial charge in [0.1, 0.15) is 11.8 Å². The van der Waals surface area contributed by atoms with E-state index in [0.717, 1.165) is 10.9 Å². The fourth-order valence-electron chi connectivity index (χ4n) is 1.88. The number of nitrogens with zero attached hydrogens (tertiary/aromatic N) is 2. The van der Waals surface area contributed by atoms with E-state index < -0.39 is 0 Å². The summed E-state index contributed by atoms with van der Waals surface area (Å²) in [6, 6.07) is 1.88. The maximum Gasteiger partial charge on any atom is 0.205 e. The van der Waals surface area contributed by atoms with Gasteiger partial charge in [-0.15, -0.1) is 0 Å². The smallest absolute Gasteiger partial charge is 0.205 e. The fourth-order valence-corrected chi connectivity index (χ4v) is 1.88. The Labute approximate surface area is 112 Å². The van der Waals surface area contributed by atoms with Gasteiger partial charge in [0.15, 0.2) is 11.5 Å². The Morgan fingerprint density at radius 1 is 0.947 bits per heavy atom. The van der Waals surface area contributed by atoms with Crippen molar-refractivity contribution in [3.63, 3.8) is 0 Å². The van der Waals surface area contributed by atoms with Crippen molar-refractivity contribution in [1.29, 1.82) is 0 Å². The van der Waals surface area contributed by atoms with Crippen molar-refractivity contribution in [2.45, 2.75) is 20.8 Å². The molecule has 1 aromatic heterocycles. The van der Waals surface area contributed by atoms with E-state index in [9.17, 15) is 0 Å². The van der Waals surface area contributed by atoms with E-state index in [1.165, 1.54) is 6.33 Å². The normalized spacial score (nSPS) is 10.5. The molecule has 1 heterocycles. The van der Waals surface area contributed by atoms with Crippen LogP contribution in [-0.2, 0) is 0 Å². The summed E-state index contributed by atoms with van der Waals surface area (Å²) in [5, 5.41) is 0.873. The Morgan fingerprint density at radius 2 is 1.63 bits per heavy atom. The molecule has 0 aliphatic rings. The molecule has 102 valence electrons. The first-order chi connectivity index (χ1) is 9.31. The monoisotopic (exact) mass is 262 g/mol. The van der Waals surface area contributed by atoms with Crippen LogP contribution in [0.4, 0.5) is 0 Å². The predicted molar refractivity (Wildman–Crippen MR) is 73.0 cm³/mol. The van der Waals surface area contributed by atoms with Gasteiger partial charge in [0.2, 0.25) is 5.75 Å². The van der Waals surface area contributed by atoms with Crippen molar-refractivity contribution >= 4 is 10.9 Å². The minimum absolute atomic E-state index is 0.536. The van der Waals surface area contributed by atoms with Crippen molar-refractivity contribution in [3.8, 4) is 17.2 Å².